The van der Waals surface area contributed by atoms with Crippen LogP contribution in [-0.2, 0) is 14.3 Å². The number of nitrogens with zero attached hydrogens (tertiary/aromatic N) is 4. The van der Waals surface area contributed by atoms with E-state index in [0.717, 1.165) is 73.5 Å². The Morgan fingerprint density at radius 1 is 1.09 bits per heavy atom. The fourth-order valence-electron chi connectivity index (χ4n) is 4.87. The third kappa shape index (κ3) is 4.94. The number of benzene rings is 1. The molecule has 0 N–H and O–H groups in total. The number of hydrogen-bond donors (Lipinski definition) is 0. The summed E-state index contributed by atoms with van der Waals surface area (Å²) >= 11 is 0. The van der Waals surface area contributed by atoms with E-state index in [9.17, 15) is 4.79 Å². The van der Waals surface area contributed by atoms with Crippen molar-refractivity contribution in [1.82, 2.24) is 19.7 Å². The predicted molar refractivity (Wildman–Crippen MR) is 127 cm³/mol. The van der Waals surface area contributed by atoms with Crippen LogP contribution in [0.25, 0.3) is 16.7 Å². The number of piperidine rings is 1. The van der Waals surface area contributed by atoms with E-state index in [2.05, 4.69) is 12.1 Å². The third-order valence-electron chi connectivity index (χ3n) is 6.81. The second-order valence-electron chi connectivity index (χ2n) is 9.10. The van der Waals surface area contributed by atoms with Crippen LogP contribution in [0, 0.1) is 6.92 Å². The molecule has 0 radical (unpaired) electrons. The van der Waals surface area contributed by atoms with Gasteiger partial charge in [-0.05, 0) is 63.3 Å². The summed E-state index contributed by atoms with van der Waals surface area (Å²) in [4.78, 5) is 19.5. The van der Waals surface area contributed by atoms with Crippen molar-refractivity contribution in [2.45, 2.75) is 51.0 Å². The van der Waals surface area contributed by atoms with Gasteiger partial charge in [0.05, 0.1) is 24.1 Å². The van der Waals surface area contributed by atoms with Crippen molar-refractivity contribution in [3.8, 4) is 5.69 Å². The van der Waals surface area contributed by atoms with Gasteiger partial charge in [0, 0.05) is 36.7 Å². The minimum Gasteiger partial charge on any atom is -0.376 e. The topological polar surface area (TPSA) is 69.5 Å². The molecule has 33 heavy (non-hydrogen) atoms. The van der Waals surface area contributed by atoms with Gasteiger partial charge in [-0.2, -0.15) is 5.10 Å². The molecule has 3 aromatic rings. The van der Waals surface area contributed by atoms with E-state index in [1.807, 2.05) is 46.8 Å². The van der Waals surface area contributed by atoms with Gasteiger partial charge in [-0.15, -0.1) is 0 Å². The Balaban J connectivity index is 1.20. The Morgan fingerprint density at radius 3 is 2.67 bits per heavy atom. The molecule has 7 nitrogen and oxygen atoms in total. The Hall–Kier alpha value is -2.77. The highest BCUT2D eigenvalue weighted by Gasteiger charge is 2.26. The van der Waals surface area contributed by atoms with Crippen molar-refractivity contribution in [3.63, 3.8) is 0 Å². The maximum Gasteiger partial charge on any atom is 0.248 e. The summed E-state index contributed by atoms with van der Waals surface area (Å²) in [5.41, 5.74) is 3.97. The Morgan fingerprint density at radius 2 is 1.91 bits per heavy atom. The van der Waals surface area contributed by atoms with Crippen LogP contribution >= 0.6 is 0 Å². The van der Waals surface area contributed by atoms with Crippen LogP contribution in [0.1, 0.15) is 49.4 Å². The number of amides is 1. The second kappa shape index (κ2) is 10.0. The van der Waals surface area contributed by atoms with Crippen LogP contribution in [0.15, 0.2) is 42.5 Å². The number of fused-ring (bicyclic) bond motifs is 1. The molecule has 1 amide bonds. The van der Waals surface area contributed by atoms with Gasteiger partial charge in [0.1, 0.15) is 6.61 Å². The number of carbonyl (C=O) groups excluding carboxylic acids is 1. The SMILES string of the molecule is Cc1nn(-c2ccccc2)c2nc(C3CCN(C(=O)COCC4CCCCO4)CC3)ccc12. The molecule has 7 heteroatoms. The van der Waals surface area contributed by atoms with Crippen LogP contribution in [0.3, 0.4) is 0 Å². The van der Waals surface area contributed by atoms with Crippen molar-refractivity contribution in [2.24, 2.45) is 0 Å². The highest BCUT2D eigenvalue weighted by Crippen LogP contribution is 2.29. The summed E-state index contributed by atoms with van der Waals surface area (Å²) in [5, 5.41) is 5.80. The van der Waals surface area contributed by atoms with Crippen molar-refractivity contribution < 1.29 is 14.3 Å². The zero-order valence-corrected chi connectivity index (χ0v) is 19.3. The lowest BCUT2D eigenvalue weighted by Gasteiger charge is -2.32. The van der Waals surface area contributed by atoms with Gasteiger partial charge in [-0.25, -0.2) is 9.67 Å². The van der Waals surface area contributed by atoms with Gasteiger partial charge in [0.25, 0.3) is 0 Å². The molecule has 174 valence electrons. The number of rotatable bonds is 6. The van der Waals surface area contributed by atoms with Gasteiger partial charge < -0.3 is 14.4 Å². The van der Waals surface area contributed by atoms with E-state index in [-0.39, 0.29) is 18.6 Å². The molecule has 0 aliphatic carbocycles. The number of aromatic nitrogens is 3. The molecule has 5 rings (SSSR count). The Bertz CT molecular complexity index is 1080. The quantitative estimate of drug-likeness (QED) is 0.570. The maximum atomic E-state index is 12.6. The number of carbonyl (C=O) groups is 1. The molecule has 1 unspecified atom stereocenters. The minimum atomic E-state index is 0.0745. The molecule has 2 aliphatic rings. The van der Waals surface area contributed by atoms with E-state index in [1.54, 1.807) is 0 Å². The van der Waals surface area contributed by atoms with E-state index >= 15 is 0 Å². The van der Waals surface area contributed by atoms with Gasteiger partial charge in [-0.3, -0.25) is 4.79 Å². The molecule has 0 bridgehead atoms. The normalized spacial score (nSPS) is 19.8. The summed E-state index contributed by atoms with van der Waals surface area (Å²) in [6.07, 6.45) is 5.30. The van der Waals surface area contributed by atoms with Gasteiger partial charge in [-0.1, -0.05) is 18.2 Å². The summed E-state index contributed by atoms with van der Waals surface area (Å²) < 4.78 is 13.3. The van der Waals surface area contributed by atoms with E-state index in [1.165, 1.54) is 6.42 Å². The zero-order chi connectivity index (χ0) is 22.6. The molecule has 4 heterocycles. The molecule has 0 saturated carbocycles. The molecular formula is C26H32N4O3. The maximum absolute atomic E-state index is 12.6. The Kier molecular flexibility index (Phi) is 6.69. The van der Waals surface area contributed by atoms with Gasteiger partial charge in [0.2, 0.25) is 5.91 Å². The number of ether oxygens (including phenoxy) is 2. The number of likely N-dealkylation sites (tertiary alicyclic amines) is 1. The lowest BCUT2D eigenvalue weighted by Crippen LogP contribution is -2.40. The fraction of sp³-hybridized carbons (Fsp3) is 0.500. The minimum absolute atomic E-state index is 0.0745. The highest BCUT2D eigenvalue weighted by atomic mass is 16.5. The second-order valence-corrected chi connectivity index (χ2v) is 9.10. The largest absolute Gasteiger partial charge is 0.376 e. The number of aryl methyl sites for hydroxylation is 1. The predicted octanol–water partition coefficient (Wildman–Crippen LogP) is 4.02. The number of hydrogen-bond acceptors (Lipinski definition) is 5. The van der Waals surface area contributed by atoms with Crippen LogP contribution < -0.4 is 0 Å². The van der Waals surface area contributed by atoms with Gasteiger partial charge in [0.15, 0.2) is 5.65 Å². The average Bonchev–Trinajstić information content (AvgIpc) is 3.21. The monoisotopic (exact) mass is 448 g/mol. The first-order chi connectivity index (χ1) is 16.2. The average molecular weight is 449 g/mol. The van der Waals surface area contributed by atoms with Crippen molar-refractivity contribution in [2.75, 3.05) is 32.9 Å². The molecular weight excluding hydrogens is 416 g/mol. The van der Waals surface area contributed by atoms with E-state index in [0.29, 0.717) is 12.5 Å². The summed E-state index contributed by atoms with van der Waals surface area (Å²) in [6, 6.07) is 14.4. The van der Waals surface area contributed by atoms with E-state index < -0.39 is 0 Å². The fourth-order valence-corrected chi connectivity index (χ4v) is 4.87. The summed E-state index contributed by atoms with van der Waals surface area (Å²) in [6.45, 7) is 4.97. The highest BCUT2D eigenvalue weighted by molar-refractivity contribution is 5.80. The lowest BCUT2D eigenvalue weighted by atomic mass is 9.93. The molecule has 0 spiro atoms. The smallest absolute Gasteiger partial charge is 0.248 e. The molecule has 1 atom stereocenters. The molecule has 2 saturated heterocycles. The third-order valence-corrected chi connectivity index (χ3v) is 6.81. The molecule has 2 aliphatic heterocycles. The first-order valence-corrected chi connectivity index (χ1v) is 12.1. The summed E-state index contributed by atoms with van der Waals surface area (Å²) in [7, 11) is 0. The van der Waals surface area contributed by atoms with Crippen LogP contribution in [-0.4, -0.2) is 64.6 Å². The van der Waals surface area contributed by atoms with Crippen molar-refractivity contribution in [3.05, 3.63) is 53.9 Å². The molecule has 2 fully saturated rings. The van der Waals surface area contributed by atoms with Crippen LogP contribution in [0.5, 0.6) is 0 Å². The first kappa shape index (κ1) is 22.0. The molecule has 2 aromatic heterocycles. The standard InChI is InChI=1S/C26H32N4O3/c1-19-23-10-11-24(27-26(23)30(28-19)21-7-3-2-4-8-21)20-12-14-29(15-13-20)25(31)18-32-17-22-9-5-6-16-33-22/h2-4,7-8,10-11,20,22H,5-6,9,12-18H2,1H3. The van der Waals surface area contributed by atoms with Crippen LogP contribution in [0.4, 0.5) is 0 Å². The molecule has 1 aromatic carbocycles. The van der Waals surface area contributed by atoms with Crippen molar-refractivity contribution in [1.29, 1.82) is 0 Å². The lowest BCUT2D eigenvalue weighted by molar-refractivity contribution is -0.139. The van der Waals surface area contributed by atoms with Crippen molar-refractivity contribution >= 4 is 16.9 Å². The van der Waals surface area contributed by atoms with Gasteiger partial charge >= 0.3 is 0 Å². The summed E-state index contributed by atoms with van der Waals surface area (Å²) in [5.74, 6) is 0.417. The zero-order valence-electron chi connectivity index (χ0n) is 19.3. The van der Waals surface area contributed by atoms with E-state index in [4.69, 9.17) is 19.6 Å². The first-order valence-electron chi connectivity index (χ1n) is 12.1. The van der Waals surface area contributed by atoms with Crippen LogP contribution in [0.2, 0.25) is 0 Å². The number of para-hydroxylation sites is 1. The number of pyridine rings is 1. The Labute approximate surface area is 194 Å².